The van der Waals surface area contributed by atoms with Gasteiger partial charge in [0, 0.05) is 27.4 Å². The molecule has 0 atom stereocenters. The SMILES string of the molecule is CC(C)(C)c1cc(-c2cc(-c3cc(C(C)(C)C)cc4c3[nH]c3ccc(C(C)(C)C)cc34)cc(C(C)(C)C)c2)cc(-c2nnco2)c1. The van der Waals surface area contributed by atoms with Gasteiger partial charge in [-0.1, -0.05) is 107 Å². The van der Waals surface area contributed by atoms with E-state index in [0.717, 1.165) is 11.1 Å². The molecule has 0 spiro atoms. The highest BCUT2D eigenvalue weighted by molar-refractivity contribution is 6.12. The minimum atomic E-state index is -0.0568. The number of aromatic nitrogens is 3. The van der Waals surface area contributed by atoms with E-state index in [1.807, 2.05) is 0 Å². The molecule has 0 saturated carbocycles. The summed E-state index contributed by atoms with van der Waals surface area (Å²) in [7, 11) is 0. The molecule has 0 fully saturated rings. The average molecular weight is 612 g/mol. The Hall–Kier alpha value is -4.18. The highest BCUT2D eigenvalue weighted by Gasteiger charge is 2.24. The zero-order chi connectivity index (χ0) is 33.4. The van der Waals surface area contributed by atoms with Crippen molar-refractivity contribution >= 4 is 21.8 Å². The summed E-state index contributed by atoms with van der Waals surface area (Å²) in [5, 5.41) is 10.8. The second-order valence-corrected chi connectivity index (χ2v) is 17.2. The van der Waals surface area contributed by atoms with Gasteiger partial charge in [0.25, 0.3) is 0 Å². The summed E-state index contributed by atoms with van der Waals surface area (Å²) in [5.41, 5.74) is 13.2. The van der Waals surface area contributed by atoms with Gasteiger partial charge in [0.1, 0.15) is 0 Å². The smallest absolute Gasteiger partial charge is 0.247 e. The number of nitrogens with zero attached hydrogens (tertiary/aromatic N) is 2. The third-order valence-corrected chi connectivity index (χ3v) is 9.29. The Morgan fingerprint density at radius 2 is 1.00 bits per heavy atom. The van der Waals surface area contributed by atoms with Gasteiger partial charge in [0.05, 0.1) is 5.52 Å². The van der Waals surface area contributed by atoms with E-state index in [4.69, 9.17) is 4.42 Å². The van der Waals surface area contributed by atoms with E-state index >= 15 is 0 Å². The van der Waals surface area contributed by atoms with Crippen molar-refractivity contribution < 1.29 is 4.42 Å². The van der Waals surface area contributed by atoms with Gasteiger partial charge in [0.15, 0.2) is 0 Å². The predicted molar refractivity (Wildman–Crippen MR) is 195 cm³/mol. The lowest BCUT2D eigenvalue weighted by Crippen LogP contribution is -2.13. The number of H-pyrrole nitrogens is 1. The van der Waals surface area contributed by atoms with Gasteiger partial charge in [-0.25, -0.2) is 0 Å². The Balaban J connectivity index is 1.67. The minimum absolute atomic E-state index is 0.0152. The van der Waals surface area contributed by atoms with Crippen molar-refractivity contribution in [3.8, 4) is 33.7 Å². The van der Waals surface area contributed by atoms with Crippen LogP contribution in [0.2, 0.25) is 0 Å². The van der Waals surface area contributed by atoms with Crippen molar-refractivity contribution in [1.29, 1.82) is 0 Å². The third-order valence-electron chi connectivity index (χ3n) is 9.29. The van der Waals surface area contributed by atoms with Crippen LogP contribution >= 0.6 is 0 Å². The second kappa shape index (κ2) is 10.7. The van der Waals surface area contributed by atoms with E-state index in [1.165, 1.54) is 67.1 Å². The van der Waals surface area contributed by atoms with E-state index in [-0.39, 0.29) is 21.7 Å². The average Bonchev–Trinajstić information content (AvgIpc) is 3.62. The van der Waals surface area contributed by atoms with Gasteiger partial charge >= 0.3 is 0 Å². The topological polar surface area (TPSA) is 54.7 Å². The molecular formula is C42H49N3O. The van der Waals surface area contributed by atoms with Crippen molar-refractivity contribution in [2.24, 2.45) is 0 Å². The van der Waals surface area contributed by atoms with Gasteiger partial charge < -0.3 is 9.40 Å². The molecule has 4 aromatic carbocycles. The molecular weight excluding hydrogens is 562 g/mol. The molecule has 4 nitrogen and oxygen atoms in total. The van der Waals surface area contributed by atoms with Crippen molar-refractivity contribution in [2.45, 2.75) is 105 Å². The Labute approximate surface area is 274 Å². The third kappa shape index (κ3) is 6.02. The van der Waals surface area contributed by atoms with Crippen LogP contribution in [0.15, 0.2) is 77.5 Å². The van der Waals surface area contributed by atoms with Gasteiger partial charge in [0.2, 0.25) is 12.3 Å². The summed E-state index contributed by atoms with van der Waals surface area (Å²) < 4.78 is 5.67. The summed E-state index contributed by atoms with van der Waals surface area (Å²) >= 11 is 0. The zero-order valence-electron chi connectivity index (χ0n) is 29.7. The standard InChI is InChI=1S/C42H49N3O/c1-39(2,3)29-13-14-36-34(21-29)35-23-32(42(10,11)12)22-33(37(35)44-36)27-15-25(17-30(19-27)40(4,5)6)26-16-28(38-45-43-24-46-38)20-31(18-26)41(7,8)9/h13-24,44H,1-12H3. The number of hydrogen-bond acceptors (Lipinski definition) is 3. The number of fused-ring (bicyclic) bond motifs is 3. The Bertz CT molecular complexity index is 2070. The van der Waals surface area contributed by atoms with Crippen molar-refractivity contribution in [1.82, 2.24) is 15.2 Å². The van der Waals surface area contributed by atoms with Crippen LogP contribution in [0.4, 0.5) is 0 Å². The number of benzene rings is 4. The van der Waals surface area contributed by atoms with E-state index in [1.54, 1.807) is 0 Å². The van der Waals surface area contributed by atoms with Gasteiger partial charge in [-0.3, -0.25) is 0 Å². The van der Waals surface area contributed by atoms with Crippen LogP contribution in [0.25, 0.3) is 55.5 Å². The van der Waals surface area contributed by atoms with Crippen molar-refractivity contribution in [3.05, 3.63) is 95.4 Å². The number of nitrogens with one attached hydrogen (secondary N) is 1. The molecule has 0 aliphatic carbocycles. The molecule has 0 aliphatic heterocycles. The monoisotopic (exact) mass is 611 g/mol. The molecule has 0 bridgehead atoms. The Morgan fingerprint density at radius 3 is 1.54 bits per heavy atom. The molecule has 4 heteroatoms. The fourth-order valence-electron chi connectivity index (χ4n) is 6.16. The first-order valence-electron chi connectivity index (χ1n) is 16.5. The van der Waals surface area contributed by atoms with Gasteiger partial charge in [-0.2, -0.15) is 0 Å². The molecule has 6 rings (SSSR count). The van der Waals surface area contributed by atoms with Gasteiger partial charge in [-0.05, 0) is 103 Å². The van der Waals surface area contributed by atoms with Crippen LogP contribution in [0.1, 0.15) is 105 Å². The maximum Gasteiger partial charge on any atom is 0.247 e. The van der Waals surface area contributed by atoms with E-state index < -0.39 is 0 Å². The molecule has 0 amide bonds. The molecule has 2 aromatic heterocycles. The fourth-order valence-corrected chi connectivity index (χ4v) is 6.16. The maximum atomic E-state index is 5.67. The lowest BCUT2D eigenvalue weighted by atomic mass is 9.80. The van der Waals surface area contributed by atoms with E-state index in [9.17, 15) is 0 Å². The molecule has 2 heterocycles. The summed E-state index contributed by atoms with van der Waals surface area (Å²) in [6.07, 6.45) is 1.40. The molecule has 0 radical (unpaired) electrons. The molecule has 1 N–H and O–H groups in total. The number of rotatable bonds is 3. The van der Waals surface area contributed by atoms with E-state index in [0.29, 0.717) is 5.89 Å². The lowest BCUT2D eigenvalue weighted by Gasteiger charge is -2.24. The van der Waals surface area contributed by atoms with Gasteiger partial charge in [-0.15, -0.1) is 10.2 Å². The van der Waals surface area contributed by atoms with Crippen LogP contribution in [0.3, 0.4) is 0 Å². The molecule has 46 heavy (non-hydrogen) atoms. The molecule has 0 saturated heterocycles. The first kappa shape index (κ1) is 31.8. The largest absolute Gasteiger partial charge is 0.423 e. The van der Waals surface area contributed by atoms with Crippen LogP contribution in [0, 0.1) is 0 Å². The number of hydrogen-bond donors (Lipinski definition) is 1. The zero-order valence-corrected chi connectivity index (χ0v) is 29.7. The number of aromatic amines is 1. The molecule has 238 valence electrons. The van der Waals surface area contributed by atoms with Crippen LogP contribution in [-0.2, 0) is 21.7 Å². The Kier molecular flexibility index (Phi) is 7.39. The highest BCUT2D eigenvalue weighted by Crippen LogP contribution is 2.42. The van der Waals surface area contributed by atoms with Crippen LogP contribution < -0.4 is 0 Å². The highest BCUT2D eigenvalue weighted by atomic mass is 16.4. The van der Waals surface area contributed by atoms with E-state index in [2.05, 4.69) is 165 Å². The summed E-state index contributed by atoms with van der Waals surface area (Å²) in [6.45, 7) is 27.4. The summed E-state index contributed by atoms with van der Waals surface area (Å²) in [6, 6.07) is 25.5. The Morgan fingerprint density at radius 1 is 0.500 bits per heavy atom. The molecule has 6 aromatic rings. The first-order chi connectivity index (χ1) is 21.3. The molecule has 0 unspecified atom stereocenters. The normalized spacial score (nSPS) is 13.2. The summed E-state index contributed by atoms with van der Waals surface area (Å²) in [4.78, 5) is 3.85. The first-order valence-corrected chi connectivity index (χ1v) is 16.5. The van der Waals surface area contributed by atoms with Crippen molar-refractivity contribution in [2.75, 3.05) is 0 Å². The lowest BCUT2D eigenvalue weighted by molar-refractivity contribution is 0.566. The van der Waals surface area contributed by atoms with Crippen LogP contribution in [0.5, 0.6) is 0 Å². The van der Waals surface area contributed by atoms with Crippen molar-refractivity contribution in [3.63, 3.8) is 0 Å². The minimum Gasteiger partial charge on any atom is -0.423 e. The summed E-state index contributed by atoms with van der Waals surface area (Å²) in [5.74, 6) is 0.534. The maximum absolute atomic E-state index is 5.67. The quantitative estimate of drug-likeness (QED) is 0.217. The second-order valence-electron chi connectivity index (χ2n) is 17.2. The fraction of sp³-hybridized carbons (Fsp3) is 0.381. The molecule has 0 aliphatic rings. The predicted octanol–water partition coefficient (Wildman–Crippen LogP) is 11.9. The van der Waals surface area contributed by atoms with Crippen LogP contribution in [-0.4, -0.2) is 15.2 Å².